The summed E-state index contributed by atoms with van der Waals surface area (Å²) < 4.78 is 43.4. The molecule has 160 valence electrons. The molecule has 4 nitrogen and oxygen atoms in total. The number of halogens is 1. The molecule has 0 radical (unpaired) electrons. The Balaban J connectivity index is 1.62. The van der Waals surface area contributed by atoms with Gasteiger partial charge in [-0.15, -0.1) is 0 Å². The van der Waals surface area contributed by atoms with Crippen LogP contribution in [0.2, 0.25) is 0 Å². The predicted molar refractivity (Wildman–Crippen MR) is 122 cm³/mol. The van der Waals surface area contributed by atoms with E-state index >= 15 is 0 Å². The largest absolute Gasteiger partial charge is 0.303 e. The fourth-order valence-corrected chi connectivity index (χ4v) is 6.54. The van der Waals surface area contributed by atoms with Gasteiger partial charge in [0.2, 0.25) is 0 Å². The number of hydrogen-bond donors (Lipinski definition) is 0. The maximum absolute atomic E-state index is 14.2. The number of hydrogen-bond acceptors (Lipinski definition) is 3. The number of likely N-dealkylation sites (N-methyl/N-ethyl adjacent to an activating group) is 1. The maximum atomic E-state index is 14.2. The van der Waals surface area contributed by atoms with Gasteiger partial charge in [-0.1, -0.05) is 48.0 Å². The van der Waals surface area contributed by atoms with E-state index in [1.807, 2.05) is 30.3 Å². The van der Waals surface area contributed by atoms with Gasteiger partial charge in [0.1, 0.15) is 5.82 Å². The second kappa shape index (κ2) is 7.77. The van der Waals surface area contributed by atoms with Crippen LogP contribution >= 0.6 is 0 Å². The van der Waals surface area contributed by atoms with Gasteiger partial charge in [0.25, 0.3) is 10.0 Å². The van der Waals surface area contributed by atoms with Crippen LogP contribution in [0.1, 0.15) is 24.3 Å². The lowest BCUT2D eigenvalue weighted by atomic mass is 9.90. The molecule has 0 saturated carbocycles. The lowest BCUT2D eigenvalue weighted by Crippen LogP contribution is -2.30. The topological polar surface area (TPSA) is 40.6 Å². The van der Waals surface area contributed by atoms with Gasteiger partial charge in [0.05, 0.1) is 10.6 Å². The first-order valence-corrected chi connectivity index (χ1v) is 12.1. The summed E-state index contributed by atoms with van der Waals surface area (Å²) in [5.41, 5.74) is 2.55. The summed E-state index contributed by atoms with van der Waals surface area (Å²) in [5, 5.41) is 1.58. The average Bonchev–Trinajstić information content (AvgIpc) is 3.01. The summed E-state index contributed by atoms with van der Waals surface area (Å²) in [6.07, 6.45) is 4.10. The van der Waals surface area contributed by atoms with Crippen LogP contribution in [0.5, 0.6) is 0 Å². The second-order valence-electron chi connectivity index (χ2n) is 8.41. The van der Waals surface area contributed by atoms with Crippen LogP contribution in [-0.4, -0.2) is 40.0 Å². The Kier molecular flexibility index (Phi) is 5.07. The molecule has 0 N–H and O–H groups in total. The molecule has 3 aromatic rings. The summed E-state index contributed by atoms with van der Waals surface area (Å²) in [4.78, 5) is 2.54. The van der Waals surface area contributed by atoms with E-state index in [2.05, 4.69) is 18.0 Å². The van der Waals surface area contributed by atoms with E-state index in [1.54, 1.807) is 18.2 Å². The quantitative estimate of drug-likeness (QED) is 0.547. The van der Waals surface area contributed by atoms with Crippen molar-refractivity contribution in [3.63, 3.8) is 0 Å². The van der Waals surface area contributed by atoms with Crippen molar-refractivity contribution in [1.29, 1.82) is 0 Å². The average molecular weight is 437 g/mol. The molecule has 3 aromatic carbocycles. The zero-order chi connectivity index (χ0) is 21.6. The Labute approximate surface area is 182 Å². The summed E-state index contributed by atoms with van der Waals surface area (Å²) in [6, 6.07) is 17.3. The number of rotatable bonds is 3. The van der Waals surface area contributed by atoms with E-state index < -0.39 is 10.0 Å². The smallest absolute Gasteiger partial charge is 0.264 e. The standard InChI is InChI=1S/C25H25FN2O2S/c1-27-14-5-8-19(13-15-27)23-17-28(24-12-11-20(26)16-22(23)24)31(29,30)25-10-4-7-18-6-2-3-9-21(18)25/h2-4,6-7,9-13,16,23H,5,8,14-15,17H2,1H3. The summed E-state index contributed by atoms with van der Waals surface area (Å²) in [7, 11) is -1.73. The van der Waals surface area contributed by atoms with E-state index in [0.717, 1.165) is 36.9 Å². The van der Waals surface area contributed by atoms with Crippen LogP contribution in [0.25, 0.3) is 10.8 Å². The first kappa shape index (κ1) is 20.2. The highest BCUT2D eigenvalue weighted by molar-refractivity contribution is 7.93. The van der Waals surface area contributed by atoms with Gasteiger partial charge in [0.15, 0.2) is 0 Å². The van der Waals surface area contributed by atoms with E-state index in [9.17, 15) is 12.8 Å². The third-order valence-electron chi connectivity index (χ3n) is 6.42. The zero-order valence-electron chi connectivity index (χ0n) is 17.5. The molecule has 2 aliphatic rings. The fourth-order valence-electron chi connectivity index (χ4n) is 4.81. The van der Waals surface area contributed by atoms with E-state index in [-0.39, 0.29) is 16.6 Å². The number of fused-ring (bicyclic) bond motifs is 2. The van der Waals surface area contributed by atoms with Crippen molar-refractivity contribution in [2.75, 3.05) is 31.0 Å². The third kappa shape index (κ3) is 3.54. The summed E-state index contributed by atoms with van der Waals surface area (Å²) >= 11 is 0. The van der Waals surface area contributed by atoms with Gasteiger partial charge in [-0.25, -0.2) is 12.8 Å². The van der Waals surface area contributed by atoms with E-state index in [4.69, 9.17) is 0 Å². The molecule has 0 bridgehead atoms. The van der Waals surface area contributed by atoms with Crippen molar-refractivity contribution in [2.45, 2.75) is 23.7 Å². The van der Waals surface area contributed by atoms with Crippen LogP contribution in [0, 0.1) is 5.82 Å². The van der Waals surface area contributed by atoms with Crippen molar-refractivity contribution < 1.29 is 12.8 Å². The molecule has 0 aromatic heterocycles. The molecule has 31 heavy (non-hydrogen) atoms. The van der Waals surface area contributed by atoms with Crippen molar-refractivity contribution in [2.24, 2.45) is 0 Å². The fraction of sp³-hybridized carbons (Fsp3) is 0.280. The van der Waals surface area contributed by atoms with Crippen LogP contribution in [0.4, 0.5) is 10.1 Å². The molecule has 1 unspecified atom stereocenters. The lowest BCUT2D eigenvalue weighted by Gasteiger charge is -2.21. The van der Waals surface area contributed by atoms with Crippen molar-refractivity contribution in [3.8, 4) is 0 Å². The lowest BCUT2D eigenvalue weighted by molar-refractivity contribution is 0.372. The highest BCUT2D eigenvalue weighted by atomic mass is 32.2. The van der Waals surface area contributed by atoms with Crippen molar-refractivity contribution >= 4 is 26.5 Å². The highest BCUT2D eigenvalue weighted by Gasteiger charge is 2.39. The molecule has 0 saturated heterocycles. The third-order valence-corrected chi connectivity index (χ3v) is 8.26. The first-order chi connectivity index (χ1) is 14.9. The van der Waals surface area contributed by atoms with Crippen LogP contribution in [-0.2, 0) is 10.0 Å². The van der Waals surface area contributed by atoms with Gasteiger partial charge >= 0.3 is 0 Å². The molecule has 0 spiro atoms. The minimum atomic E-state index is -3.81. The molecule has 2 heterocycles. The first-order valence-electron chi connectivity index (χ1n) is 10.6. The Morgan fingerprint density at radius 1 is 1.03 bits per heavy atom. The maximum Gasteiger partial charge on any atom is 0.264 e. The monoisotopic (exact) mass is 436 g/mol. The number of nitrogens with zero attached hydrogens (tertiary/aromatic N) is 2. The van der Waals surface area contributed by atoms with Crippen molar-refractivity contribution in [1.82, 2.24) is 4.90 Å². The van der Waals surface area contributed by atoms with Crippen LogP contribution < -0.4 is 4.31 Å². The minimum absolute atomic E-state index is 0.123. The van der Waals surface area contributed by atoms with Gasteiger partial charge in [0, 0.05) is 24.4 Å². The predicted octanol–water partition coefficient (Wildman–Crippen LogP) is 4.92. The highest BCUT2D eigenvalue weighted by Crippen LogP contribution is 2.45. The summed E-state index contributed by atoms with van der Waals surface area (Å²) in [5.74, 6) is -0.457. The molecule has 0 fully saturated rings. The SMILES string of the molecule is CN1CC=C(C2CN(S(=O)(=O)c3cccc4ccccc34)c3ccc(F)cc32)CCC1. The number of benzene rings is 3. The van der Waals surface area contributed by atoms with Crippen molar-refractivity contribution in [3.05, 3.63) is 83.7 Å². The van der Waals surface area contributed by atoms with E-state index in [1.165, 1.54) is 22.0 Å². The molecule has 2 aliphatic heterocycles. The van der Waals surface area contributed by atoms with Crippen LogP contribution in [0.15, 0.2) is 77.2 Å². The zero-order valence-corrected chi connectivity index (χ0v) is 18.3. The van der Waals surface area contributed by atoms with Crippen LogP contribution in [0.3, 0.4) is 0 Å². The number of sulfonamides is 1. The van der Waals surface area contributed by atoms with Gasteiger partial charge in [-0.05, 0) is 61.6 Å². The van der Waals surface area contributed by atoms with E-state index in [0.29, 0.717) is 17.6 Å². The molecular formula is C25H25FN2O2S. The van der Waals surface area contributed by atoms with Gasteiger partial charge in [-0.3, -0.25) is 4.31 Å². The molecule has 0 amide bonds. The summed E-state index contributed by atoms with van der Waals surface area (Å²) in [6.45, 7) is 2.13. The van der Waals surface area contributed by atoms with Gasteiger partial charge < -0.3 is 4.90 Å². The molecule has 5 rings (SSSR count). The number of anilines is 1. The second-order valence-corrected chi connectivity index (χ2v) is 10.2. The Hall–Kier alpha value is -2.70. The van der Waals surface area contributed by atoms with Gasteiger partial charge in [-0.2, -0.15) is 0 Å². The normalized spacial score (nSPS) is 19.9. The Morgan fingerprint density at radius 2 is 1.84 bits per heavy atom. The molecule has 1 atom stereocenters. The Bertz CT molecular complexity index is 1280. The molecular weight excluding hydrogens is 411 g/mol. The minimum Gasteiger partial charge on any atom is -0.303 e. The molecule has 0 aliphatic carbocycles. The molecule has 6 heteroatoms. The Morgan fingerprint density at radius 3 is 2.71 bits per heavy atom.